The van der Waals surface area contributed by atoms with E-state index in [1.165, 1.54) is 12.3 Å². The Morgan fingerprint density at radius 2 is 1.97 bits per heavy atom. The van der Waals surface area contributed by atoms with E-state index in [0.717, 1.165) is 35.6 Å². The first-order valence-corrected chi connectivity index (χ1v) is 13.1. The number of amides is 1. The van der Waals surface area contributed by atoms with Crippen molar-refractivity contribution in [3.8, 4) is 11.6 Å². The van der Waals surface area contributed by atoms with Gasteiger partial charge in [-0.1, -0.05) is 17.7 Å². The van der Waals surface area contributed by atoms with Crippen LogP contribution in [-0.4, -0.2) is 72.6 Å². The summed E-state index contributed by atoms with van der Waals surface area (Å²) in [4.78, 5) is 21.4. The molecule has 2 aliphatic rings. The molecule has 2 N–H and O–H groups in total. The van der Waals surface area contributed by atoms with E-state index < -0.39 is 13.6 Å². The van der Waals surface area contributed by atoms with Crippen LogP contribution >= 0.6 is 23.4 Å². The number of amidine groups is 1. The average molecular weight is 564 g/mol. The summed E-state index contributed by atoms with van der Waals surface area (Å²) >= 11 is 7.92. The zero-order chi connectivity index (χ0) is 27.4. The largest absolute Gasteiger partial charge is 0.485 e. The second-order valence-electron chi connectivity index (χ2n) is 8.42. The third-order valence-electron chi connectivity index (χ3n) is 5.68. The van der Waals surface area contributed by atoms with Crippen molar-refractivity contribution in [1.82, 2.24) is 20.7 Å². The molecule has 0 bridgehead atoms. The summed E-state index contributed by atoms with van der Waals surface area (Å²) in [5.74, 6) is 2.96. The lowest BCUT2D eigenvalue weighted by Gasteiger charge is -2.35. The first-order chi connectivity index (χ1) is 17.7. The number of alkyl halides is 3. The number of hydrazine groups is 1. The molecule has 0 unspecified atom stereocenters. The number of carbonyl (C=O) groups is 1. The predicted molar refractivity (Wildman–Crippen MR) is 141 cm³/mol. The van der Waals surface area contributed by atoms with Crippen molar-refractivity contribution in [3.63, 3.8) is 0 Å². The van der Waals surface area contributed by atoms with Crippen LogP contribution in [0, 0.1) is 0 Å². The van der Waals surface area contributed by atoms with Gasteiger partial charge in [-0.15, -0.1) is 0 Å². The van der Waals surface area contributed by atoms with Crippen molar-refractivity contribution in [2.75, 3.05) is 45.3 Å². The highest BCUT2D eigenvalue weighted by Crippen LogP contribution is 2.32. The van der Waals surface area contributed by atoms with Gasteiger partial charge in [0.05, 0.1) is 17.3 Å². The molecular weight excluding hydrogens is 531 g/mol. The van der Waals surface area contributed by atoms with E-state index in [1.807, 2.05) is 31.7 Å². The first kappa shape index (κ1) is 30.6. The van der Waals surface area contributed by atoms with Crippen molar-refractivity contribution in [2.45, 2.75) is 39.2 Å². The number of nitrogens with zero attached hydrogens (tertiary/aromatic N) is 3. The van der Waals surface area contributed by atoms with Gasteiger partial charge in [0.25, 0.3) is 11.8 Å². The lowest BCUT2D eigenvalue weighted by molar-refractivity contribution is -0.117. The topological polar surface area (TPSA) is 88.1 Å². The Hall–Kier alpha value is -2.60. The van der Waals surface area contributed by atoms with Crippen molar-refractivity contribution >= 4 is 35.1 Å². The van der Waals surface area contributed by atoms with E-state index in [-0.39, 0.29) is 35.5 Å². The van der Waals surface area contributed by atoms with Gasteiger partial charge in [0, 0.05) is 24.8 Å². The molecule has 0 saturated carbocycles. The third kappa shape index (κ3) is 9.03. The Balaban J connectivity index is 0.00000153. The third-order valence-corrected chi connectivity index (χ3v) is 6.87. The molecular formula is C24H33ClF3N5O3S. The summed E-state index contributed by atoms with van der Waals surface area (Å²) in [5.41, 5.74) is 4.48. The lowest BCUT2D eigenvalue weighted by atomic mass is 9.95. The highest BCUT2D eigenvalue weighted by atomic mass is 35.5. The van der Waals surface area contributed by atoms with Gasteiger partial charge in [-0.25, -0.2) is 18.2 Å². The van der Waals surface area contributed by atoms with Gasteiger partial charge in [-0.05, 0) is 50.7 Å². The molecule has 0 aliphatic carbocycles. The van der Waals surface area contributed by atoms with Crippen LogP contribution in [0.2, 0.25) is 5.02 Å². The van der Waals surface area contributed by atoms with Crippen molar-refractivity contribution in [2.24, 2.45) is 4.99 Å². The fourth-order valence-corrected chi connectivity index (χ4v) is 5.14. The molecule has 3 heterocycles. The predicted octanol–water partition coefficient (Wildman–Crippen LogP) is 4.77. The second kappa shape index (κ2) is 15.0. The highest BCUT2D eigenvalue weighted by Gasteiger charge is 2.31. The number of aliphatic imine (C=N–C) groups is 1. The van der Waals surface area contributed by atoms with Gasteiger partial charge >= 0.3 is 0 Å². The number of pyridine rings is 1. The van der Waals surface area contributed by atoms with Crippen LogP contribution in [0.3, 0.4) is 0 Å². The van der Waals surface area contributed by atoms with Gasteiger partial charge in [0.15, 0.2) is 11.5 Å². The molecule has 1 aromatic heterocycles. The quantitative estimate of drug-likeness (QED) is 0.365. The van der Waals surface area contributed by atoms with Crippen LogP contribution in [0.5, 0.6) is 11.6 Å². The molecule has 8 nitrogen and oxygen atoms in total. The van der Waals surface area contributed by atoms with Crippen LogP contribution in [0.25, 0.3) is 0 Å². The lowest BCUT2D eigenvalue weighted by Crippen LogP contribution is -2.55. The van der Waals surface area contributed by atoms with Crippen molar-refractivity contribution in [3.05, 3.63) is 40.4 Å². The van der Waals surface area contributed by atoms with Crippen LogP contribution in [0.15, 0.2) is 40.4 Å². The Labute approximate surface area is 224 Å². The number of rotatable bonds is 7. The Morgan fingerprint density at radius 3 is 2.59 bits per heavy atom. The van der Waals surface area contributed by atoms with Gasteiger partial charge < -0.3 is 14.8 Å². The SMILES string of the molecule is CN=C(NN1CC=C(C)C(Oc2ncc(Cl)cc2OCCF)=C1C)C(=O)NC1(C)CCSCC1.FCF. The number of allylic oxidation sites excluding steroid dienone is 2. The molecule has 1 aromatic rings. The molecule has 37 heavy (non-hydrogen) atoms. The van der Waals surface area contributed by atoms with Gasteiger partial charge in [-0.3, -0.25) is 20.2 Å². The van der Waals surface area contributed by atoms with Crippen molar-refractivity contribution < 1.29 is 27.4 Å². The summed E-state index contributed by atoms with van der Waals surface area (Å²) in [7, 11) is 1.58. The zero-order valence-corrected chi connectivity index (χ0v) is 22.9. The first-order valence-electron chi connectivity index (χ1n) is 11.6. The number of ether oxygens (including phenoxy) is 2. The summed E-state index contributed by atoms with van der Waals surface area (Å²) < 4.78 is 43.4. The molecule has 206 valence electrons. The molecule has 0 aromatic carbocycles. The molecule has 2 aliphatic heterocycles. The van der Waals surface area contributed by atoms with Crippen LogP contribution in [0.1, 0.15) is 33.6 Å². The summed E-state index contributed by atoms with van der Waals surface area (Å²) in [6, 6.07) is 1.53. The standard InChI is InChI=1S/C23H31ClFN5O3S.CH2F2/c1-15-5-9-30(29-20(26-4)21(31)28-23(3)6-11-34-12-7-23)16(2)19(15)33-22-18(32-10-8-25)13-17(24)14-27-22;2-1-3/h5,13-14H,6-12H2,1-4H3,(H,26,29)(H,28,31);1H2. The number of hydrogen-bond donors (Lipinski definition) is 2. The molecule has 3 rings (SSSR count). The van der Waals surface area contributed by atoms with E-state index in [2.05, 4.69) is 27.6 Å². The average Bonchev–Trinajstić information content (AvgIpc) is 2.86. The van der Waals surface area contributed by atoms with Crippen LogP contribution < -0.4 is 20.2 Å². The fraction of sp³-hybridized carbons (Fsp3) is 0.542. The molecule has 1 amide bonds. The highest BCUT2D eigenvalue weighted by molar-refractivity contribution is 7.99. The monoisotopic (exact) mass is 563 g/mol. The second-order valence-corrected chi connectivity index (χ2v) is 10.1. The Bertz CT molecular complexity index is 1020. The Kier molecular flexibility index (Phi) is 12.4. The molecule has 0 atom stereocenters. The Morgan fingerprint density at radius 1 is 1.30 bits per heavy atom. The van der Waals surface area contributed by atoms with E-state index in [1.54, 1.807) is 12.1 Å². The van der Waals surface area contributed by atoms with Gasteiger partial charge in [0.1, 0.15) is 13.3 Å². The molecule has 1 saturated heterocycles. The minimum Gasteiger partial charge on any atom is -0.485 e. The van der Waals surface area contributed by atoms with Crippen LogP contribution in [-0.2, 0) is 4.79 Å². The number of thioether (sulfide) groups is 1. The van der Waals surface area contributed by atoms with Gasteiger partial charge in [-0.2, -0.15) is 11.8 Å². The summed E-state index contributed by atoms with van der Waals surface area (Å²) in [5, 5.41) is 5.27. The number of halogens is 4. The number of hydrogen-bond acceptors (Lipinski definition) is 7. The molecule has 0 spiro atoms. The van der Waals surface area contributed by atoms with Crippen molar-refractivity contribution in [1.29, 1.82) is 0 Å². The van der Waals surface area contributed by atoms with Gasteiger partial charge in [0.2, 0.25) is 12.8 Å². The number of carbonyl (C=O) groups excluding carboxylic acids is 1. The van der Waals surface area contributed by atoms with E-state index in [9.17, 15) is 18.0 Å². The van der Waals surface area contributed by atoms with E-state index >= 15 is 0 Å². The van der Waals surface area contributed by atoms with E-state index in [0.29, 0.717) is 17.3 Å². The fourth-order valence-electron chi connectivity index (χ4n) is 3.59. The van der Waals surface area contributed by atoms with E-state index in [4.69, 9.17) is 21.1 Å². The minimum atomic E-state index is -1.75. The maximum absolute atomic E-state index is 13.0. The number of nitrogens with one attached hydrogen (secondary N) is 2. The summed E-state index contributed by atoms with van der Waals surface area (Å²) in [6.07, 6.45) is 5.23. The number of aromatic nitrogens is 1. The molecule has 1 fully saturated rings. The summed E-state index contributed by atoms with van der Waals surface area (Å²) in [6.45, 7) is 3.82. The maximum Gasteiger partial charge on any atom is 0.288 e. The molecule has 13 heteroatoms. The maximum atomic E-state index is 13.0. The van der Waals surface area contributed by atoms with Crippen LogP contribution in [0.4, 0.5) is 13.2 Å². The smallest absolute Gasteiger partial charge is 0.288 e. The normalized spacial score (nSPS) is 17.4. The molecule has 0 radical (unpaired) electrons. The minimum absolute atomic E-state index is 0.137. The zero-order valence-electron chi connectivity index (χ0n) is 21.4.